The highest BCUT2D eigenvalue weighted by molar-refractivity contribution is 9.10. The van der Waals surface area contributed by atoms with Gasteiger partial charge in [-0.2, -0.15) is 0 Å². The summed E-state index contributed by atoms with van der Waals surface area (Å²) >= 11 is 9.16. The second-order valence-electron chi connectivity index (χ2n) is 4.06. The molecule has 106 valence electrons. The van der Waals surface area contributed by atoms with Gasteiger partial charge < -0.3 is 9.84 Å². The number of hydrogen-bond donors (Lipinski definition) is 1. The van der Waals surface area contributed by atoms with Gasteiger partial charge in [0.15, 0.2) is 11.6 Å². The lowest BCUT2D eigenvalue weighted by molar-refractivity contribution is 0.208. The first-order chi connectivity index (χ1) is 9.45. The van der Waals surface area contributed by atoms with Crippen LogP contribution in [0.25, 0.3) is 0 Å². The monoisotopic (exact) mass is 362 g/mol. The van der Waals surface area contributed by atoms with Crippen LogP contribution in [0.1, 0.15) is 17.2 Å². The number of aliphatic hydroxyl groups excluding tert-OH is 1. The maximum absolute atomic E-state index is 13.8. The highest BCUT2D eigenvalue weighted by Gasteiger charge is 2.22. The lowest BCUT2D eigenvalue weighted by Crippen LogP contribution is -2.06. The minimum atomic E-state index is -1.39. The summed E-state index contributed by atoms with van der Waals surface area (Å²) in [6.45, 7) is 0. The molecule has 0 fully saturated rings. The average molecular weight is 364 g/mol. The van der Waals surface area contributed by atoms with Crippen molar-refractivity contribution in [3.63, 3.8) is 0 Å². The van der Waals surface area contributed by atoms with Gasteiger partial charge in [-0.15, -0.1) is 0 Å². The van der Waals surface area contributed by atoms with Crippen molar-refractivity contribution in [1.29, 1.82) is 0 Å². The number of rotatable bonds is 3. The molecular weight excluding hydrogens is 354 g/mol. The fourth-order valence-corrected chi connectivity index (χ4v) is 2.89. The van der Waals surface area contributed by atoms with E-state index in [9.17, 15) is 13.9 Å². The first kappa shape index (κ1) is 15.2. The summed E-state index contributed by atoms with van der Waals surface area (Å²) in [5.74, 6) is -1.81. The van der Waals surface area contributed by atoms with Gasteiger partial charge in [0.1, 0.15) is 11.9 Å². The Hall–Kier alpha value is -1.17. The van der Waals surface area contributed by atoms with Crippen LogP contribution in [0.15, 0.2) is 34.8 Å². The van der Waals surface area contributed by atoms with E-state index in [-0.39, 0.29) is 11.1 Å². The summed E-state index contributed by atoms with van der Waals surface area (Å²) in [7, 11) is 1.41. The third kappa shape index (κ3) is 2.80. The molecule has 0 amide bonds. The summed E-state index contributed by atoms with van der Waals surface area (Å²) in [5.41, 5.74) is 0.0637. The predicted molar refractivity (Wildman–Crippen MR) is 76.1 cm³/mol. The summed E-state index contributed by atoms with van der Waals surface area (Å²) < 4.78 is 32.7. The van der Waals surface area contributed by atoms with Crippen molar-refractivity contribution in [3.8, 4) is 5.75 Å². The molecule has 2 aromatic rings. The number of methoxy groups -OCH3 is 1. The normalized spacial score (nSPS) is 12.3. The molecule has 1 N–H and O–H groups in total. The minimum absolute atomic E-state index is 0.183. The third-order valence-electron chi connectivity index (χ3n) is 2.81. The van der Waals surface area contributed by atoms with Gasteiger partial charge in [0, 0.05) is 16.1 Å². The van der Waals surface area contributed by atoms with Gasteiger partial charge in [0.05, 0.1) is 11.6 Å². The lowest BCUT2D eigenvalue weighted by atomic mass is 10.00. The van der Waals surface area contributed by atoms with Gasteiger partial charge in [0.25, 0.3) is 0 Å². The van der Waals surface area contributed by atoms with Crippen molar-refractivity contribution in [2.75, 3.05) is 7.11 Å². The lowest BCUT2D eigenvalue weighted by Gasteiger charge is -2.17. The van der Waals surface area contributed by atoms with Crippen LogP contribution in [-0.4, -0.2) is 12.2 Å². The van der Waals surface area contributed by atoms with Crippen molar-refractivity contribution < 1.29 is 18.6 Å². The third-order valence-corrected chi connectivity index (χ3v) is 3.62. The Bertz CT molecular complexity index is 649. The molecule has 0 bridgehead atoms. The summed E-state index contributed by atoms with van der Waals surface area (Å²) in [5, 5.41) is 10.6. The Morgan fingerprint density at radius 3 is 2.60 bits per heavy atom. The van der Waals surface area contributed by atoms with E-state index < -0.39 is 17.7 Å². The number of aliphatic hydroxyl groups is 1. The number of hydrogen-bond acceptors (Lipinski definition) is 2. The maximum atomic E-state index is 13.8. The molecule has 2 nitrogen and oxygen atoms in total. The van der Waals surface area contributed by atoms with E-state index in [4.69, 9.17) is 16.3 Å². The standard InChI is InChI=1S/C14H10BrClF2O2/c1-20-14-9(5-7(16)6-10(14)15)13(19)8-3-2-4-11(17)12(8)18/h2-6,13,19H,1H3. The largest absolute Gasteiger partial charge is 0.495 e. The fraction of sp³-hybridized carbons (Fsp3) is 0.143. The summed E-state index contributed by atoms with van der Waals surface area (Å²) in [6.07, 6.45) is -1.39. The van der Waals surface area contributed by atoms with E-state index in [0.29, 0.717) is 15.2 Å². The highest BCUT2D eigenvalue weighted by Crippen LogP contribution is 2.38. The average Bonchev–Trinajstić information content (AvgIpc) is 2.40. The van der Waals surface area contributed by atoms with E-state index in [0.717, 1.165) is 6.07 Å². The number of halogens is 4. The van der Waals surface area contributed by atoms with Crippen LogP contribution in [-0.2, 0) is 0 Å². The van der Waals surface area contributed by atoms with Crippen molar-refractivity contribution in [2.24, 2.45) is 0 Å². The van der Waals surface area contributed by atoms with Crippen molar-refractivity contribution in [1.82, 2.24) is 0 Å². The second kappa shape index (κ2) is 6.08. The zero-order valence-corrected chi connectivity index (χ0v) is 12.7. The van der Waals surface area contributed by atoms with Crippen molar-refractivity contribution in [2.45, 2.75) is 6.10 Å². The first-order valence-electron chi connectivity index (χ1n) is 5.60. The quantitative estimate of drug-likeness (QED) is 0.872. The molecule has 2 aromatic carbocycles. The molecule has 0 saturated heterocycles. The Balaban J connectivity index is 2.58. The molecule has 2 rings (SSSR count). The Kier molecular flexibility index (Phi) is 4.62. The zero-order chi connectivity index (χ0) is 14.9. The molecule has 0 heterocycles. The van der Waals surface area contributed by atoms with Gasteiger partial charge in [-0.1, -0.05) is 23.7 Å². The van der Waals surface area contributed by atoms with Gasteiger partial charge in [-0.25, -0.2) is 8.78 Å². The van der Waals surface area contributed by atoms with Crippen LogP contribution >= 0.6 is 27.5 Å². The number of ether oxygens (including phenoxy) is 1. The van der Waals surface area contributed by atoms with Crippen LogP contribution in [0.3, 0.4) is 0 Å². The van der Waals surface area contributed by atoms with Crippen LogP contribution in [0, 0.1) is 11.6 Å². The maximum Gasteiger partial charge on any atom is 0.164 e. The van der Waals surface area contributed by atoms with Crippen LogP contribution < -0.4 is 4.74 Å². The summed E-state index contributed by atoms with van der Waals surface area (Å²) in [6, 6.07) is 6.63. The van der Waals surface area contributed by atoms with E-state index in [2.05, 4.69) is 15.9 Å². The molecule has 20 heavy (non-hydrogen) atoms. The Morgan fingerprint density at radius 2 is 1.95 bits per heavy atom. The van der Waals surface area contributed by atoms with Crippen LogP contribution in [0.2, 0.25) is 5.02 Å². The predicted octanol–water partition coefficient (Wildman–Crippen LogP) is 4.47. The second-order valence-corrected chi connectivity index (χ2v) is 5.35. The molecule has 1 unspecified atom stereocenters. The van der Waals surface area contributed by atoms with Gasteiger partial charge >= 0.3 is 0 Å². The molecule has 0 aliphatic carbocycles. The molecule has 0 aromatic heterocycles. The molecule has 6 heteroatoms. The molecule has 0 radical (unpaired) electrons. The topological polar surface area (TPSA) is 29.5 Å². The molecule has 0 spiro atoms. The number of benzene rings is 2. The Morgan fingerprint density at radius 1 is 1.25 bits per heavy atom. The van der Waals surface area contributed by atoms with E-state index in [1.807, 2.05) is 0 Å². The van der Waals surface area contributed by atoms with Crippen molar-refractivity contribution >= 4 is 27.5 Å². The minimum Gasteiger partial charge on any atom is -0.495 e. The molecule has 1 atom stereocenters. The molecule has 0 aliphatic heterocycles. The van der Waals surface area contributed by atoms with Gasteiger partial charge in [0.2, 0.25) is 0 Å². The van der Waals surface area contributed by atoms with Crippen molar-refractivity contribution in [3.05, 3.63) is 62.6 Å². The smallest absolute Gasteiger partial charge is 0.164 e. The van der Waals surface area contributed by atoms with Gasteiger partial charge in [-0.3, -0.25) is 0 Å². The molecule has 0 saturated carbocycles. The molecule has 0 aliphatic rings. The van der Waals surface area contributed by atoms with Crippen LogP contribution in [0.4, 0.5) is 8.78 Å². The first-order valence-corrected chi connectivity index (χ1v) is 6.77. The van der Waals surface area contributed by atoms with E-state index in [1.165, 1.54) is 25.3 Å². The van der Waals surface area contributed by atoms with Crippen LogP contribution in [0.5, 0.6) is 5.75 Å². The Labute approximate surface area is 128 Å². The molecular formula is C14H10BrClF2O2. The highest BCUT2D eigenvalue weighted by atomic mass is 79.9. The SMILES string of the molecule is COc1c(Br)cc(Cl)cc1C(O)c1cccc(F)c1F. The fourth-order valence-electron chi connectivity index (χ4n) is 1.90. The van der Waals surface area contributed by atoms with Gasteiger partial charge in [-0.05, 0) is 34.1 Å². The zero-order valence-electron chi connectivity index (χ0n) is 10.3. The summed E-state index contributed by atoms with van der Waals surface area (Å²) in [4.78, 5) is 0. The van der Waals surface area contributed by atoms with E-state index in [1.54, 1.807) is 6.07 Å². The van der Waals surface area contributed by atoms with E-state index >= 15 is 0 Å².